The maximum atomic E-state index is 12.0. The lowest BCUT2D eigenvalue weighted by atomic mass is 9.34. The summed E-state index contributed by atoms with van der Waals surface area (Å²) in [5.74, 6) is 0.402. The second-order valence-electron chi connectivity index (χ2n) is 16.8. The van der Waals surface area contributed by atoms with Crippen LogP contribution in [0.5, 0.6) is 0 Å². The van der Waals surface area contributed by atoms with Crippen LogP contribution in [0.15, 0.2) is 23.8 Å². The van der Waals surface area contributed by atoms with Gasteiger partial charge in [-0.2, -0.15) is 0 Å². The van der Waals surface area contributed by atoms with Crippen molar-refractivity contribution >= 4 is 0 Å². The van der Waals surface area contributed by atoms with Crippen LogP contribution in [-0.2, 0) is 9.47 Å². The summed E-state index contributed by atoms with van der Waals surface area (Å²) < 4.78 is 12.6. The molecule has 44 heavy (non-hydrogen) atoms. The van der Waals surface area contributed by atoms with Gasteiger partial charge in [-0.25, -0.2) is 0 Å². The molecule has 0 radical (unpaired) electrons. The number of fused-ring (bicyclic) bond motifs is 5. The molecule has 5 aliphatic rings. The Labute approximate surface area is 264 Å². The Kier molecular flexibility index (Phi) is 9.40. The van der Waals surface area contributed by atoms with Gasteiger partial charge in [0, 0.05) is 0 Å². The minimum Gasteiger partial charge on any atom is -0.394 e. The van der Waals surface area contributed by atoms with E-state index in [1.807, 2.05) is 0 Å². The molecule has 8 heteroatoms. The van der Waals surface area contributed by atoms with E-state index < -0.39 is 61.0 Å². The molecule has 9 unspecified atom stereocenters. The van der Waals surface area contributed by atoms with Crippen LogP contribution in [0.1, 0.15) is 99.8 Å². The Morgan fingerprint density at radius 2 is 1.61 bits per heavy atom. The molecule has 0 amide bonds. The zero-order valence-corrected chi connectivity index (χ0v) is 28.1. The van der Waals surface area contributed by atoms with Crippen LogP contribution in [0, 0.1) is 45.3 Å². The largest absolute Gasteiger partial charge is 0.394 e. The first-order valence-corrected chi connectivity index (χ1v) is 17.1. The van der Waals surface area contributed by atoms with Gasteiger partial charge in [0.1, 0.15) is 24.4 Å². The summed E-state index contributed by atoms with van der Waals surface area (Å²) in [6.07, 6.45) is 0.758. The molecule has 0 aromatic rings. The molecule has 252 valence electrons. The van der Waals surface area contributed by atoms with Crippen LogP contribution >= 0.6 is 0 Å². The number of aliphatic hydroxyl groups excluding tert-OH is 6. The molecule has 1 saturated heterocycles. The highest BCUT2D eigenvalue weighted by Gasteiger charge is 2.72. The van der Waals surface area contributed by atoms with Crippen molar-refractivity contribution in [3.05, 3.63) is 23.8 Å². The predicted molar refractivity (Wildman–Crippen MR) is 168 cm³/mol. The van der Waals surface area contributed by atoms with E-state index in [-0.39, 0.29) is 39.9 Å². The fourth-order valence-electron chi connectivity index (χ4n) is 11.6. The van der Waals surface area contributed by atoms with E-state index in [1.54, 1.807) is 0 Å². The van der Waals surface area contributed by atoms with Crippen LogP contribution in [0.25, 0.3) is 0 Å². The van der Waals surface area contributed by atoms with Gasteiger partial charge < -0.3 is 40.1 Å². The average molecular weight is 621 g/mol. The average Bonchev–Trinajstić information content (AvgIpc) is 3.32. The Hall–Kier alpha value is -0.840. The minimum atomic E-state index is -1.52. The van der Waals surface area contributed by atoms with Crippen LogP contribution in [-0.4, -0.2) is 86.3 Å². The van der Waals surface area contributed by atoms with Gasteiger partial charge in [-0.1, -0.05) is 58.4 Å². The molecular weight excluding hydrogens is 560 g/mol. The monoisotopic (exact) mass is 620 g/mol. The van der Waals surface area contributed by atoms with Gasteiger partial charge in [-0.3, -0.25) is 0 Å². The first-order valence-electron chi connectivity index (χ1n) is 17.1. The first kappa shape index (κ1) is 34.5. The van der Waals surface area contributed by atoms with Gasteiger partial charge in [0.15, 0.2) is 6.29 Å². The molecule has 0 bridgehead atoms. The maximum absolute atomic E-state index is 12.0. The van der Waals surface area contributed by atoms with E-state index in [9.17, 15) is 30.6 Å². The lowest BCUT2D eigenvalue weighted by Gasteiger charge is -2.72. The third-order valence-corrected chi connectivity index (χ3v) is 13.9. The molecular formula is C36H60O8. The highest BCUT2D eigenvalue weighted by atomic mass is 16.7. The quantitative estimate of drug-likeness (QED) is 0.185. The number of ether oxygens (including phenoxy) is 2. The van der Waals surface area contributed by atoms with Crippen molar-refractivity contribution in [3.8, 4) is 0 Å². The fourth-order valence-corrected chi connectivity index (χ4v) is 11.6. The van der Waals surface area contributed by atoms with Crippen LogP contribution in [0.3, 0.4) is 0 Å². The summed E-state index contributed by atoms with van der Waals surface area (Å²) in [6, 6.07) is 0. The molecule has 15 atom stereocenters. The second-order valence-corrected chi connectivity index (χ2v) is 16.8. The van der Waals surface area contributed by atoms with Crippen LogP contribution in [0.2, 0.25) is 0 Å². The van der Waals surface area contributed by atoms with Crippen molar-refractivity contribution in [3.63, 3.8) is 0 Å². The standard InChI is InChI=1S/C36H60O8/c1-19(2)10-9-11-20(3)21-12-15-35(7)27(21)22(38)16-25-34(6)14-13-26(39)33(4,5)31(34)23(17-36(25,35)8)43-32-30(42)29(41)28(40)24(18-37)44-32/h10,21-32,37-42H,3,9,11-18H2,1-2,4-8H3/t21?,22?,23?,24?,25-,26?,27+,28?,29?,30?,31+,32?,34-,35-,36-/m1/s1. The molecule has 5 rings (SSSR count). The van der Waals surface area contributed by atoms with Crippen LogP contribution in [0.4, 0.5) is 0 Å². The van der Waals surface area contributed by atoms with Crippen molar-refractivity contribution in [1.82, 2.24) is 0 Å². The zero-order chi connectivity index (χ0) is 32.6. The van der Waals surface area contributed by atoms with E-state index in [0.717, 1.165) is 32.1 Å². The van der Waals surface area contributed by atoms with E-state index in [2.05, 4.69) is 61.1 Å². The Bertz CT molecular complexity index is 1100. The van der Waals surface area contributed by atoms with Crippen molar-refractivity contribution < 1.29 is 40.1 Å². The summed E-state index contributed by atoms with van der Waals surface area (Å²) in [5, 5.41) is 65.2. The Morgan fingerprint density at radius 1 is 0.932 bits per heavy atom. The summed E-state index contributed by atoms with van der Waals surface area (Å²) in [7, 11) is 0. The SMILES string of the molecule is C=C(CCC=C(C)C)C1CC[C@]2(C)[C@@H]1C(O)C[C@@H]1[C@@]3(C)CCC(O)C(C)(C)[C@@H]3C(OC3OC(CO)C(O)C(O)C3O)C[C@]12C. The molecule has 0 aromatic carbocycles. The van der Waals surface area contributed by atoms with E-state index >= 15 is 0 Å². The van der Waals surface area contributed by atoms with Gasteiger partial charge in [-0.05, 0) is 111 Å². The van der Waals surface area contributed by atoms with Crippen molar-refractivity contribution in [2.24, 2.45) is 45.3 Å². The lowest BCUT2D eigenvalue weighted by molar-refractivity contribution is -0.346. The molecule has 4 aliphatic carbocycles. The van der Waals surface area contributed by atoms with Gasteiger partial charge in [0.25, 0.3) is 0 Å². The number of rotatable bonds is 7. The predicted octanol–water partition coefficient (Wildman–Crippen LogP) is 4.10. The molecule has 0 spiro atoms. The summed E-state index contributed by atoms with van der Waals surface area (Å²) >= 11 is 0. The van der Waals surface area contributed by atoms with Gasteiger partial charge in [0.05, 0.1) is 24.9 Å². The van der Waals surface area contributed by atoms with E-state index in [1.165, 1.54) is 11.1 Å². The van der Waals surface area contributed by atoms with Crippen molar-refractivity contribution in [2.75, 3.05) is 6.61 Å². The number of allylic oxidation sites excluding steroid dienone is 3. The van der Waals surface area contributed by atoms with Gasteiger partial charge >= 0.3 is 0 Å². The summed E-state index contributed by atoms with van der Waals surface area (Å²) in [5.41, 5.74) is 1.32. The first-order chi connectivity index (χ1) is 20.4. The molecule has 0 aromatic heterocycles. The topological polar surface area (TPSA) is 140 Å². The Balaban J connectivity index is 1.53. The van der Waals surface area contributed by atoms with Gasteiger partial charge in [0.2, 0.25) is 0 Å². The lowest BCUT2D eigenvalue weighted by Crippen LogP contribution is -2.70. The maximum Gasteiger partial charge on any atom is 0.186 e. The number of aliphatic hydroxyl groups is 6. The molecule has 6 N–H and O–H groups in total. The summed E-state index contributed by atoms with van der Waals surface area (Å²) in [6.45, 7) is 19.5. The van der Waals surface area contributed by atoms with Crippen LogP contribution < -0.4 is 0 Å². The third-order valence-electron chi connectivity index (χ3n) is 13.9. The van der Waals surface area contributed by atoms with Gasteiger partial charge in [-0.15, -0.1) is 0 Å². The minimum absolute atomic E-state index is 0.0817. The molecule has 1 aliphatic heterocycles. The smallest absolute Gasteiger partial charge is 0.186 e. The number of hydrogen-bond acceptors (Lipinski definition) is 8. The van der Waals surface area contributed by atoms with Crippen molar-refractivity contribution in [1.29, 1.82) is 0 Å². The normalized spacial score (nSPS) is 51.6. The molecule has 8 nitrogen and oxygen atoms in total. The zero-order valence-electron chi connectivity index (χ0n) is 28.1. The van der Waals surface area contributed by atoms with E-state index in [4.69, 9.17) is 9.47 Å². The molecule has 4 saturated carbocycles. The molecule has 1 heterocycles. The van der Waals surface area contributed by atoms with E-state index in [0.29, 0.717) is 19.3 Å². The molecule has 5 fully saturated rings. The number of hydrogen-bond donors (Lipinski definition) is 6. The summed E-state index contributed by atoms with van der Waals surface area (Å²) in [4.78, 5) is 0. The second kappa shape index (κ2) is 12.0. The Morgan fingerprint density at radius 3 is 2.25 bits per heavy atom. The van der Waals surface area contributed by atoms with Crippen molar-refractivity contribution in [2.45, 2.75) is 149 Å². The third kappa shape index (κ3) is 5.18. The fraction of sp³-hybridized carbons (Fsp3) is 0.889. The highest BCUT2D eigenvalue weighted by Crippen LogP contribution is 2.76. The highest BCUT2D eigenvalue weighted by molar-refractivity contribution is 5.24.